The fraction of sp³-hybridized carbons (Fsp3) is 0.294. The minimum atomic E-state index is -0.210. The number of benzene rings is 1. The summed E-state index contributed by atoms with van der Waals surface area (Å²) in [6, 6.07) is 8.32. The molecular weight excluding hydrogens is 296 g/mol. The second-order valence-corrected chi connectivity index (χ2v) is 6.37. The number of thiocarbonyl (C=S) groups is 1. The van der Waals surface area contributed by atoms with Crippen LogP contribution in [0, 0.1) is 0 Å². The van der Waals surface area contributed by atoms with E-state index in [1.165, 1.54) is 16.2 Å². The number of carbonyl (C=O) groups is 1. The Labute approximate surface area is 135 Å². The van der Waals surface area contributed by atoms with Gasteiger partial charge in [-0.1, -0.05) is 32.0 Å². The number of hydrogen-bond acceptors (Lipinski definition) is 4. The third-order valence-electron chi connectivity index (χ3n) is 4.32. The molecule has 0 saturated carbocycles. The highest BCUT2D eigenvalue weighted by Gasteiger charge is 2.38. The molecule has 1 saturated heterocycles. The number of fused-ring (bicyclic) bond motifs is 1. The smallest absolute Gasteiger partial charge is 0.296 e. The van der Waals surface area contributed by atoms with Gasteiger partial charge in [-0.25, -0.2) is 0 Å². The van der Waals surface area contributed by atoms with Crippen LogP contribution in [0.1, 0.15) is 19.4 Å². The quantitative estimate of drug-likeness (QED) is 0.589. The van der Waals surface area contributed by atoms with E-state index in [1.807, 2.05) is 25.3 Å². The van der Waals surface area contributed by atoms with E-state index < -0.39 is 0 Å². The molecule has 2 aliphatic heterocycles. The average Bonchev–Trinajstić information content (AvgIpc) is 2.84. The molecule has 0 atom stereocenters. The Kier molecular flexibility index (Phi) is 3.33. The van der Waals surface area contributed by atoms with Crippen LogP contribution in [0.5, 0.6) is 0 Å². The van der Waals surface area contributed by atoms with Crippen molar-refractivity contribution in [2.75, 3.05) is 19.0 Å². The Morgan fingerprint density at radius 1 is 1.14 bits per heavy atom. The summed E-state index contributed by atoms with van der Waals surface area (Å²) in [5.41, 5.74) is 3.44. The highest BCUT2D eigenvalue weighted by molar-refractivity contribution is 7.80. The normalized spacial score (nSPS) is 23.5. The molecule has 0 aromatic heterocycles. The maximum atomic E-state index is 12.0. The lowest BCUT2D eigenvalue weighted by Gasteiger charge is -2.23. The van der Waals surface area contributed by atoms with Crippen LogP contribution in [0.3, 0.4) is 0 Å². The molecule has 1 aromatic carbocycles. The molecule has 0 radical (unpaired) electrons. The highest BCUT2D eigenvalue weighted by atomic mass is 32.1. The SMILES string of the molecule is CN1C(=O)/C(=C/C=C2/N(C)c3ccccc3C2(C)C)OC1=S. The van der Waals surface area contributed by atoms with E-state index in [0.29, 0.717) is 0 Å². The molecule has 0 spiro atoms. The number of amides is 1. The van der Waals surface area contributed by atoms with Crippen LogP contribution in [0.25, 0.3) is 0 Å². The summed E-state index contributed by atoms with van der Waals surface area (Å²) in [5.74, 6) is 0.0537. The van der Waals surface area contributed by atoms with Crippen LogP contribution >= 0.6 is 12.2 Å². The molecule has 1 aromatic rings. The average molecular weight is 314 g/mol. The van der Waals surface area contributed by atoms with Crippen LogP contribution in [-0.4, -0.2) is 30.1 Å². The number of carbonyl (C=O) groups excluding carboxylic acids is 1. The highest BCUT2D eigenvalue weighted by Crippen LogP contribution is 2.46. The zero-order valence-corrected chi connectivity index (χ0v) is 13.9. The molecule has 22 heavy (non-hydrogen) atoms. The Morgan fingerprint density at radius 2 is 1.82 bits per heavy atom. The summed E-state index contributed by atoms with van der Waals surface area (Å²) in [6.45, 7) is 4.35. The van der Waals surface area contributed by atoms with E-state index in [1.54, 1.807) is 13.1 Å². The molecular formula is C17H18N2O2S. The fourth-order valence-electron chi connectivity index (χ4n) is 3.02. The van der Waals surface area contributed by atoms with E-state index in [9.17, 15) is 4.79 Å². The standard InChI is InChI=1S/C17H18N2O2S/c1-17(2)11-7-5-6-8-12(11)18(3)14(17)10-9-13-15(20)19(4)16(22)21-13/h5-10H,1-4H3/b13-9-,14-10+. The first-order valence-corrected chi connectivity index (χ1v) is 7.50. The van der Waals surface area contributed by atoms with Crippen molar-refractivity contribution in [3.8, 4) is 0 Å². The molecule has 3 rings (SSSR count). The molecule has 2 heterocycles. The number of anilines is 1. The fourth-order valence-corrected chi connectivity index (χ4v) is 3.19. The molecule has 2 aliphatic rings. The van der Waals surface area contributed by atoms with Gasteiger partial charge in [-0.3, -0.25) is 9.69 Å². The summed E-state index contributed by atoms with van der Waals surface area (Å²) in [4.78, 5) is 15.5. The third kappa shape index (κ3) is 2.04. The van der Waals surface area contributed by atoms with Crippen LogP contribution in [-0.2, 0) is 14.9 Å². The van der Waals surface area contributed by atoms with Gasteiger partial charge >= 0.3 is 0 Å². The van der Waals surface area contributed by atoms with Crippen molar-refractivity contribution in [3.05, 3.63) is 53.4 Å². The van der Waals surface area contributed by atoms with Crippen molar-refractivity contribution < 1.29 is 9.53 Å². The lowest BCUT2D eigenvalue weighted by molar-refractivity contribution is -0.122. The van der Waals surface area contributed by atoms with Gasteiger partial charge in [0.1, 0.15) is 0 Å². The molecule has 1 amide bonds. The Morgan fingerprint density at radius 3 is 2.41 bits per heavy atom. The van der Waals surface area contributed by atoms with Gasteiger partial charge < -0.3 is 9.64 Å². The van der Waals surface area contributed by atoms with Gasteiger partial charge in [0.25, 0.3) is 11.1 Å². The first kappa shape index (κ1) is 14.8. The molecule has 1 fully saturated rings. The number of likely N-dealkylation sites (N-methyl/N-ethyl adjacent to an activating group) is 2. The topological polar surface area (TPSA) is 32.8 Å². The Balaban J connectivity index is 2.00. The van der Waals surface area contributed by atoms with Crippen molar-refractivity contribution in [2.45, 2.75) is 19.3 Å². The van der Waals surface area contributed by atoms with Gasteiger partial charge in [0, 0.05) is 30.9 Å². The van der Waals surface area contributed by atoms with Crippen LogP contribution in [0.15, 0.2) is 47.9 Å². The van der Waals surface area contributed by atoms with Crippen molar-refractivity contribution in [2.24, 2.45) is 0 Å². The third-order valence-corrected chi connectivity index (χ3v) is 4.68. The summed E-state index contributed by atoms with van der Waals surface area (Å²) < 4.78 is 5.33. The van der Waals surface area contributed by atoms with Gasteiger partial charge in [-0.05, 0) is 36.0 Å². The van der Waals surface area contributed by atoms with Crippen molar-refractivity contribution in [1.29, 1.82) is 0 Å². The minimum Gasteiger partial charge on any atom is -0.426 e. The summed E-state index contributed by atoms with van der Waals surface area (Å²) >= 11 is 4.98. The van der Waals surface area contributed by atoms with Crippen LogP contribution in [0.4, 0.5) is 5.69 Å². The van der Waals surface area contributed by atoms with Crippen molar-refractivity contribution in [3.63, 3.8) is 0 Å². The van der Waals surface area contributed by atoms with Gasteiger partial charge in [0.2, 0.25) is 0 Å². The van der Waals surface area contributed by atoms with Gasteiger partial charge in [-0.2, -0.15) is 0 Å². The Hall–Kier alpha value is -2.14. The first-order valence-electron chi connectivity index (χ1n) is 7.09. The summed E-state index contributed by atoms with van der Waals surface area (Å²) in [6.07, 6.45) is 3.65. The van der Waals surface area contributed by atoms with Crippen molar-refractivity contribution in [1.82, 2.24) is 4.90 Å². The van der Waals surface area contributed by atoms with Gasteiger partial charge in [0.05, 0.1) is 0 Å². The number of hydrogen-bond donors (Lipinski definition) is 0. The van der Waals surface area contributed by atoms with Crippen LogP contribution < -0.4 is 4.90 Å². The number of rotatable bonds is 1. The first-order chi connectivity index (χ1) is 10.3. The number of allylic oxidation sites excluding steroid dienone is 3. The Bertz CT molecular complexity index is 734. The second kappa shape index (κ2) is 4.95. The molecule has 114 valence electrons. The van der Waals surface area contributed by atoms with Crippen molar-refractivity contribution >= 4 is 29.0 Å². The lowest BCUT2D eigenvalue weighted by Crippen LogP contribution is -2.23. The molecule has 0 unspecified atom stereocenters. The zero-order chi connectivity index (χ0) is 16.1. The van der Waals surface area contributed by atoms with E-state index in [0.717, 1.165) is 5.70 Å². The van der Waals surface area contributed by atoms with E-state index in [4.69, 9.17) is 17.0 Å². The largest absolute Gasteiger partial charge is 0.426 e. The predicted molar refractivity (Wildman–Crippen MR) is 90.5 cm³/mol. The second-order valence-electron chi connectivity index (χ2n) is 6.02. The van der Waals surface area contributed by atoms with Crippen LogP contribution in [0.2, 0.25) is 0 Å². The number of para-hydroxylation sites is 1. The number of nitrogens with zero attached hydrogens (tertiary/aromatic N) is 2. The van der Waals surface area contributed by atoms with E-state index in [2.05, 4.69) is 30.9 Å². The molecule has 0 aliphatic carbocycles. The molecule has 4 nitrogen and oxygen atoms in total. The lowest BCUT2D eigenvalue weighted by atomic mass is 9.84. The number of ether oxygens (including phenoxy) is 1. The molecule has 0 N–H and O–H groups in total. The molecule has 5 heteroatoms. The molecule has 0 bridgehead atoms. The predicted octanol–water partition coefficient (Wildman–Crippen LogP) is 2.96. The minimum absolute atomic E-state index is 0.129. The maximum absolute atomic E-state index is 12.0. The maximum Gasteiger partial charge on any atom is 0.296 e. The van der Waals surface area contributed by atoms with Gasteiger partial charge in [0.15, 0.2) is 5.76 Å². The summed E-state index contributed by atoms with van der Waals surface area (Å²) in [5, 5.41) is 0.192. The van der Waals surface area contributed by atoms with E-state index >= 15 is 0 Å². The zero-order valence-electron chi connectivity index (χ0n) is 13.1. The van der Waals surface area contributed by atoms with E-state index in [-0.39, 0.29) is 22.3 Å². The monoisotopic (exact) mass is 314 g/mol. The summed E-state index contributed by atoms with van der Waals surface area (Å²) in [7, 11) is 3.64. The van der Waals surface area contributed by atoms with Gasteiger partial charge in [-0.15, -0.1) is 0 Å².